The number of aldehydes is 2. The molecule has 3 nitrogen and oxygen atoms in total. The summed E-state index contributed by atoms with van der Waals surface area (Å²) in [5.74, 6) is 0. The Morgan fingerprint density at radius 2 is 1.79 bits per heavy atom. The van der Waals surface area contributed by atoms with Gasteiger partial charge in [0.25, 0.3) is 0 Å². The number of rotatable bonds is 5. The van der Waals surface area contributed by atoms with E-state index in [0.29, 0.717) is 24.2 Å². The predicted molar refractivity (Wildman–Crippen MR) is 52.8 cm³/mol. The monoisotopic (exact) mass is 192 g/mol. The highest BCUT2D eigenvalue weighted by atomic mass is 16.5. The van der Waals surface area contributed by atoms with Crippen molar-refractivity contribution < 1.29 is 14.3 Å². The predicted octanol–water partition coefficient (Wildman–Crippen LogP) is 1.50. The van der Waals surface area contributed by atoms with Crippen molar-refractivity contribution >= 4 is 12.6 Å². The third kappa shape index (κ3) is 2.26. The van der Waals surface area contributed by atoms with Gasteiger partial charge in [-0.05, 0) is 12.0 Å². The Morgan fingerprint density at radius 1 is 1.21 bits per heavy atom. The number of ether oxygens (including phenoxy) is 1. The van der Waals surface area contributed by atoms with Crippen LogP contribution in [0.3, 0.4) is 0 Å². The summed E-state index contributed by atoms with van der Waals surface area (Å²) in [6.07, 6.45) is 2.11. The molecule has 0 aliphatic carbocycles. The van der Waals surface area contributed by atoms with Gasteiger partial charge in [-0.15, -0.1) is 0 Å². The number of hydrogen-bond acceptors (Lipinski definition) is 3. The molecule has 0 spiro atoms. The Balaban J connectivity index is 3.05. The zero-order valence-corrected chi connectivity index (χ0v) is 8.03. The molecule has 0 bridgehead atoms. The lowest BCUT2D eigenvalue weighted by atomic mass is 10.00. The minimum Gasteiger partial charge on any atom is -0.384 e. The maximum atomic E-state index is 10.7. The number of benzene rings is 1. The van der Waals surface area contributed by atoms with Crippen LogP contribution >= 0.6 is 0 Å². The lowest BCUT2D eigenvalue weighted by Crippen LogP contribution is -2.03. The maximum absolute atomic E-state index is 10.7. The second-order valence-electron chi connectivity index (χ2n) is 2.89. The summed E-state index contributed by atoms with van der Waals surface area (Å²) in [4.78, 5) is 21.4. The average Bonchev–Trinajstić information content (AvgIpc) is 2.25. The number of methoxy groups -OCH3 is 1. The molecule has 0 fully saturated rings. The molecule has 0 aliphatic heterocycles. The van der Waals surface area contributed by atoms with Crippen molar-refractivity contribution in [3.63, 3.8) is 0 Å². The molecule has 1 aromatic carbocycles. The highest BCUT2D eigenvalue weighted by Gasteiger charge is 2.06. The fraction of sp³-hybridized carbons (Fsp3) is 0.273. The van der Waals surface area contributed by atoms with E-state index in [0.717, 1.165) is 18.1 Å². The molecule has 0 atom stereocenters. The van der Waals surface area contributed by atoms with Gasteiger partial charge in [-0.1, -0.05) is 18.2 Å². The van der Waals surface area contributed by atoms with Crippen LogP contribution in [0.4, 0.5) is 0 Å². The molecule has 74 valence electrons. The van der Waals surface area contributed by atoms with Crippen LogP contribution in [0.2, 0.25) is 0 Å². The quantitative estimate of drug-likeness (QED) is 0.664. The Bertz CT molecular complexity index is 305. The van der Waals surface area contributed by atoms with Crippen molar-refractivity contribution in [2.75, 3.05) is 13.7 Å². The van der Waals surface area contributed by atoms with Crippen molar-refractivity contribution in [1.29, 1.82) is 0 Å². The average molecular weight is 192 g/mol. The van der Waals surface area contributed by atoms with Crippen LogP contribution in [0.25, 0.3) is 0 Å². The van der Waals surface area contributed by atoms with Gasteiger partial charge >= 0.3 is 0 Å². The maximum Gasteiger partial charge on any atom is 0.150 e. The summed E-state index contributed by atoms with van der Waals surface area (Å²) in [6, 6.07) is 5.10. The van der Waals surface area contributed by atoms with E-state index in [-0.39, 0.29) is 0 Å². The van der Waals surface area contributed by atoms with Crippen molar-refractivity contribution in [3.8, 4) is 0 Å². The first-order valence-electron chi connectivity index (χ1n) is 4.34. The first kappa shape index (κ1) is 10.6. The summed E-state index contributed by atoms with van der Waals surface area (Å²) >= 11 is 0. The zero-order chi connectivity index (χ0) is 10.4. The van der Waals surface area contributed by atoms with E-state index in [1.165, 1.54) is 0 Å². The molecule has 14 heavy (non-hydrogen) atoms. The molecule has 0 radical (unpaired) electrons. The topological polar surface area (TPSA) is 43.4 Å². The molecule has 1 rings (SSSR count). The number of carbonyl (C=O) groups excluding carboxylic acids is 2. The smallest absolute Gasteiger partial charge is 0.150 e. The fourth-order valence-corrected chi connectivity index (χ4v) is 1.34. The van der Waals surface area contributed by atoms with Crippen molar-refractivity contribution in [2.45, 2.75) is 6.42 Å². The number of carbonyl (C=O) groups is 2. The largest absolute Gasteiger partial charge is 0.384 e. The highest BCUT2D eigenvalue weighted by Crippen LogP contribution is 2.12. The minimum atomic E-state index is 0.506. The SMILES string of the molecule is COCCc1c(C=O)cccc1C=O. The summed E-state index contributed by atoms with van der Waals surface area (Å²) < 4.78 is 4.91. The van der Waals surface area contributed by atoms with Gasteiger partial charge in [-0.3, -0.25) is 9.59 Å². The van der Waals surface area contributed by atoms with E-state index in [2.05, 4.69) is 0 Å². The van der Waals surface area contributed by atoms with Crippen LogP contribution < -0.4 is 0 Å². The van der Waals surface area contributed by atoms with E-state index >= 15 is 0 Å². The second-order valence-corrected chi connectivity index (χ2v) is 2.89. The molecule has 0 aliphatic rings. The standard InChI is InChI=1S/C11H12O3/c1-14-6-5-11-9(7-12)3-2-4-10(11)8-13/h2-4,7-8H,5-6H2,1H3. The number of hydrogen-bond donors (Lipinski definition) is 0. The highest BCUT2D eigenvalue weighted by molar-refractivity contribution is 5.85. The second kappa shape index (κ2) is 5.29. The van der Waals surface area contributed by atoms with Gasteiger partial charge in [0, 0.05) is 18.2 Å². The van der Waals surface area contributed by atoms with E-state index in [4.69, 9.17) is 4.74 Å². The molecule has 0 saturated carbocycles. The van der Waals surface area contributed by atoms with Gasteiger partial charge in [0.2, 0.25) is 0 Å². The summed E-state index contributed by atoms with van der Waals surface area (Å²) in [7, 11) is 1.59. The lowest BCUT2D eigenvalue weighted by molar-refractivity contribution is 0.112. The van der Waals surface area contributed by atoms with Crippen molar-refractivity contribution in [2.24, 2.45) is 0 Å². The van der Waals surface area contributed by atoms with E-state index in [1.807, 2.05) is 0 Å². The summed E-state index contributed by atoms with van der Waals surface area (Å²) in [6.45, 7) is 0.506. The molecule has 0 unspecified atom stereocenters. The minimum absolute atomic E-state index is 0.506. The third-order valence-corrected chi connectivity index (χ3v) is 2.06. The first-order valence-corrected chi connectivity index (χ1v) is 4.34. The molecular weight excluding hydrogens is 180 g/mol. The van der Waals surface area contributed by atoms with Crippen LogP contribution in [0.1, 0.15) is 26.3 Å². The zero-order valence-electron chi connectivity index (χ0n) is 8.03. The molecule has 0 saturated heterocycles. The fourth-order valence-electron chi connectivity index (χ4n) is 1.34. The molecule has 1 aromatic rings. The van der Waals surface area contributed by atoms with Gasteiger partial charge in [-0.2, -0.15) is 0 Å². The lowest BCUT2D eigenvalue weighted by Gasteiger charge is -2.06. The molecule has 3 heteroatoms. The van der Waals surface area contributed by atoms with Crippen molar-refractivity contribution in [3.05, 3.63) is 34.9 Å². The summed E-state index contributed by atoms with van der Waals surface area (Å²) in [5.41, 5.74) is 1.89. The first-order chi connectivity index (χ1) is 6.83. The van der Waals surface area contributed by atoms with Crippen molar-refractivity contribution in [1.82, 2.24) is 0 Å². The van der Waals surface area contributed by atoms with Gasteiger partial charge in [0.1, 0.15) is 12.6 Å². The molecule has 0 aromatic heterocycles. The molecule has 0 amide bonds. The normalized spacial score (nSPS) is 9.79. The van der Waals surface area contributed by atoms with Crippen LogP contribution in [0.15, 0.2) is 18.2 Å². The Kier molecular flexibility index (Phi) is 4.01. The van der Waals surface area contributed by atoms with Crippen LogP contribution in [-0.4, -0.2) is 26.3 Å². The van der Waals surface area contributed by atoms with Crippen LogP contribution in [-0.2, 0) is 11.2 Å². The Morgan fingerprint density at radius 3 is 2.21 bits per heavy atom. The Labute approximate surface area is 82.7 Å². The van der Waals surface area contributed by atoms with Crippen LogP contribution in [0.5, 0.6) is 0 Å². The van der Waals surface area contributed by atoms with Gasteiger partial charge in [0.15, 0.2) is 0 Å². The third-order valence-electron chi connectivity index (χ3n) is 2.06. The van der Waals surface area contributed by atoms with E-state index < -0.39 is 0 Å². The van der Waals surface area contributed by atoms with Gasteiger partial charge in [-0.25, -0.2) is 0 Å². The van der Waals surface area contributed by atoms with Gasteiger partial charge < -0.3 is 4.74 Å². The van der Waals surface area contributed by atoms with E-state index in [9.17, 15) is 9.59 Å². The summed E-state index contributed by atoms with van der Waals surface area (Å²) in [5, 5.41) is 0. The molecule has 0 heterocycles. The molecular formula is C11H12O3. The molecule has 0 N–H and O–H groups in total. The Hall–Kier alpha value is -1.48. The van der Waals surface area contributed by atoms with E-state index in [1.54, 1.807) is 25.3 Å². The van der Waals surface area contributed by atoms with Gasteiger partial charge in [0.05, 0.1) is 6.61 Å². The van der Waals surface area contributed by atoms with Crippen LogP contribution in [0, 0.1) is 0 Å².